The maximum Gasteiger partial charge on any atom is 0.243 e. The fourth-order valence-corrected chi connectivity index (χ4v) is 3.95. The van der Waals surface area contributed by atoms with Crippen LogP contribution in [0.2, 0.25) is 0 Å². The summed E-state index contributed by atoms with van der Waals surface area (Å²) in [4.78, 5) is 50.5. The van der Waals surface area contributed by atoms with Gasteiger partial charge in [-0.2, -0.15) is 0 Å². The molecule has 4 atom stereocenters. The fourth-order valence-electron chi connectivity index (χ4n) is 3.95. The van der Waals surface area contributed by atoms with Crippen LogP contribution in [0.15, 0.2) is 54.6 Å². The molecule has 2 saturated heterocycles. The molecule has 2 aromatic rings. The smallest absolute Gasteiger partial charge is 0.243 e. The van der Waals surface area contributed by atoms with Crippen LogP contribution in [0.1, 0.15) is 24.5 Å². The van der Waals surface area contributed by atoms with Crippen molar-refractivity contribution in [3.63, 3.8) is 0 Å². The first-order valence-electron chi connectivity index (χ1n) is 11.5. The minimum absolute atomic E-state index is 0.0769. The zero-order valence-electron chi connectivity index (χ0n) is 19.7. The van der Waals surface area contributed by atoms with Crippen molar-refractivity contribution in [3.8, 4) is 5.75 Å². The first-order chi connectivity index (χ1) is 16.8. The van der Waals surface area contributed by atoms with Gasteiger partial charge in [-0.05, 0) is 36.6 Å². The third kappa shape index (κ3) is 6.05. The molecule has 2 aliphatic rings. The van der Waals surface area contributed by atoms with E-state index in [1.54, 1.807) is 26.2 Å². The lowest BCUT2D eigenvalue weighted by Crippen LogP contribution is -2.61. The van der Waals surface area contributed by atoms with E-state index in [0.29, 0.717) is 18.8 Å². The van der Waals surface area contributed by atoms with E-state index in [1.807, 2.05) is 42.5 Å². The number of rotatable bonds is 11. The first-order valence-corrected chi connectivity index (χ1v) is 11.5. The molecular formula is C26H29N3O6. The molecule has 0 bridgehead atoms. The zero-order valence-corrected chi connectivity index (χ0v) is 19.7. The normalized spacial score (nSPS) is 22.1. The molecule has 0 unspecified atom stereocenters. The van der Waals surface area contributed by atoms with Gasteiger partial charge in [0.2, 0.25) is 17.7 Å². The number of nitrogens with one attached hydrogen (secondary N) is 3. The summed E-state index contributed by atoms with van der Waals surface area (Å²) in [5.41, 5.74) is 0.771. The molecule has 0 saturated carbocycles. The highest BCUT2D eigenvalue weighted by atomic mass is 16.6. The van der Waals surface area contributed by atoms with Crippen LogP contribution in [-0.4, -0.2) is 60.9 Å². The molecule has 0 radical (unpaired) electrons. The summed E-state index contributed by atoms with van der Waals surface area (Å²) in [6.07, 6.45) is 0.571. The third-order valence-corrected chi connectivity index (χ3v) is 6.29. The summed E-state index contributed by atoms with van der Waals surface area (Å²) >= 11 is 0. The van der Waals surface area contributed by atoms with Crippen LogP contribution in [0.25, 0.3) is 0 Å². The number of benzene rings is 2. The average molecular weight is 480 g/mol. The molecule has 0 aromatic heterocycles. The van der Waals surface area contributed by atoms with E-state index in [1.165, 1.54) is 0 Å². The molecular weight excluding hydrogens is 450 g/mol. The Hall–Kier alpha value is -3.72. The van der Waals surface area contributed by atoms with Gasteiger partial charge in [-0.25, -0.2) is 0 Å². The van der Waals surface area contributed by atoms with Crippen molar-refractivity contribution in [2.75, 3.05) is 13.7 Å². The van der Waals surface area contributed by atoms with Crippen LogP contribution < -0.4 is 20.7 Å². The van der Waals surface area contributed by atoms with E-state index >= 15 is 0 Å². The molecule has 2 heterocycles. The maximum atomic E-state index is 13.4. The summed E-state index contributed by atoms with van der Waals surface area (Å²) < 4.78 is 10.5. The monoisotopic (exact) mass is 479 g/mol. The number of carbonyl (C=O) groups excluding carboxylic acids is 4. The molecule has 184 valence electrons. The fraction of sp³-hybridized carbons (Fsp3) is 0.385. The number of methoxy groups -OCH3 is 1. The lowest BCUT2D eigenvalue weighted by molar-refractivity contribution is -0.139. The van der Waals surface area contributed by atoms with Crippen LogP contribution in [0, 0.1) is 0 Å². The van der Waals surface area contributed by atoms with Gasteiger partial charge in [-0.3, -0.25) is 19.2 Å². The number of Topliss-reactive ketones (excluding diaryl/α,β-unsaturated/α-hetero) is 1. The average Bonchev–Trinajstić information content (AvgIpc) is 3.60. The lowest BCUT2D eigenvalue weighted by atomic mass is 9.94. The number of ketones is 1. The number of amides is 3. The Morgan fingerprint density at radius 2 is 1.63 bits per heavy atom. The van der Waals surface area contributed by atoms with Crippen molar-refractivity contribution in [2.24, 2.45) is 0 Å². The van der Waals surface area contributed by atoms with E-state index in [9.17, 15) is 19.2 Å². The topological polar surface area (TPSA) is 126 Å². The summed E-state index contributed by atoms with van der Waals surface area (Å²) in [5.74, 6) is -0.690. The Morgan fingerprint density at radius 3 is 2.20 bits per heavy atom. The molecule has 3 amide bonds. The van der Waals surface area contributed by atoms with Gasteiger partial charge in [0.25, 0.3) is 0 Å². The van der Waals surface area contributed by atoms with E-state index < -0.39 is 35.5 Å². The minimum Gasteiger partial charge on any atom is -0.497 e. The Balaban J connectivity index is 1.52. The van der Waals surface area contributed by atoms with Crippen molar-refractivity contribution < 1.29 is 28.7 Å². The van der Waals surface area contributed by atoms with Crippen molar-refractivity contribution in [1.29, 1.82) is 0 Å². The maximum absolute atomic E-state index is 13.4. The highest BCUT2D eigenvalue weighted by Gasteiger charge is 2.50. The van der Waals surface area contributed by atoms with Gasteiger partial charge in [0, 0.05) is 6.42 Å². The second-order valence-electron chi connectivity index (χ2n) is 9.07. The summed E-state index contributed by atoms with van der Waals surface area (Å²) in [6, 6.07) is 14.1. The molecule has 9 heteroatoms. The van der Waals surface area contributed by atoms with E-state index in [-0.39, 0.29) is 24.5 Å². The van der Waals surface area contributed by atoms with Crippen LogP contribution in [0.3, 0.4) is 0 Å². The number of carbonyl (C=O) groups is 4. The predicted molar refractivity (Wildman–Crippen MR) is 127 cm³/mol. The Morgan fingerprint density at radius 1 is 1.03 bits per heavy atom. The van der Waals surface area contributed by atoms with Crippen LogP contribution in [0.5, 0.6) is 5.75 Å². The molecule has 0 aliphatic carbocycles. The summed E-state index contributed by atoms with van der Waals surface area (Å²) in [6.45, 7) is 2.01. The van der Waals surface area contributed by atoms with Gasteiger partial charge < -0.3 is 25.4 Å². The zero-order chi connectivity index (χ0) is 25.0. The van der Waals surface area contributed by atoms with Gasteiger partial charge in [-0.15, -0.1) is 0 Å². The summed E-state index contributed by atoms with van der Waals surface area (Å²) in [5, 5.41) is 8.10. The van der Waals surface area contributed by atoms with Crippen molar-refractivity contribution in [3.05, 3.63) is 65.7 Å². The lowest BCUT2D eigenvalue weighted by Gasteiger charge is -2.29. The van der Waals surface area contributed by atoms with Crippen molar-refractivity contribution >= 4 is 23.5 Å². The Bertz CT molecular complexity index is 1090. The summed E-state index contributed by atoms with van der Waals surface area (Å²) in [7, 11) is 1.56. The molecule has 35 heavy (non-hydrogen) atoms. The second kappa shape index (κ2) is 10.3. The molecule has 0 spiro atoms. The van der Waals surface area contributed by atoms with E-state index in [4.69, 9.17) is 9.47 Å². The molecule has 9 nitrogen and oxygen atoms in total. The minimum atomic E-state index is -0.951. The molecule has 4 rings (SSSR count). The standard InChI is InChI=1S/C26H29N3O6/c1-26(15-35-26)23(31)19(12-16-6-4-3-5-7-16)28-24(32)20(29-25(33)21-14-22(30)27-21)13-17-8-10-18(34-2)11-9-17/h3-11,19-21H,12-15H2,1-2H3,(H,27,30)(H,28,32)(H,29,33)/t19-,20-,21-,26-/m0/s1. The number of hydrogen-bond donors (Lipinski definition) is 3. The van der Waals surface area contributed by atoms with Crippen molar-refractivity contribution in [2.45, 2.75) is 49.9 Å². The predicted octanol–water partition coefficient (Wildman–Crippen LogP) is 0.697. The highest BCUT2D eigenvalue weighted by Crippen LogP contribution is 2.29. The molecule has 2 aromatic carbocycles. The van der Waals surface area contributed by atoms with Crippen LogP contribution in [-0.2, 0) is 36.8 Å². The first kappa shape index (κ1) is 24.4. The Labute approximate surface area is 203 Å². The van der Waals surface area contributed by atoms with Gasteiger partial charge in [0.15, 0.2) is 5.78 Å². The Kier molecular flexibility index (Phi) is 7.16. The number of ether oxygens (including phenoxy) is 2. The van der Waals surface area contributed by atoms with Gasteiger partial charge in [0.05, 0.1) is 26.2 Å². The van der Waals surface area contributed by atoms with Crippen LogP contribution >= 0.6 is 0 Å². The largest absolute Gasteiger partial charge is 0.497 e. The molecule has 2 aliphatic heterocycles. The van der Waals surface area contributed by atoms with E-state index in [2.05, 4.69) is 16.0 Å². The molecule has 3 N–H and O–H groups in total. The number of β-lactam (4-membered cyclic amide) rings is 1. The van der Waals surface area contributed by atoms with Crippen molar-refractivity contribution in [1.82, 2.24) is 16.0 Å². The van der Waals surface area contributed by atoms with Gasteiger partial charge in [0.1, 0.15) is 23.4 Å². The van der Waals surface area contributed by atoms with Crippen LogP contribution in [0.4, 0.5) is 0 Å². The number of hydrogen-bond acceptors (Lipinski definition) is 6. The quantitative estimate of drug-likeness (QED) is 0.322. The van der Waals surface area contributed by atoms with E-state index in [0.717, 1.165) is 11.1 Å². The van der Waals surface area contributed by atoms with Gasteiger partial charge >= 0.3 is 0 Å². The second-order valence-corrected chi connectivity index (χ2v) is 9.07. The van der Waals surface area contributed by atoms with Gasteiger partial charge in [-0.1, -0.05) is 42.5 Å². The SMILES string of the molecule is COc1ccc(C[C@H](NC(=O)[C@@H]2CC(=O)N2)C(=O)N[C@@H](Cc2ccccc2)C(=O)[C@]2(C)CO2)cc1. The molecule has 2 fully saturated rings. The number of epoxide rings is 1. The highest BCUT2D eigenvalue weighted by molar-refractivity contribution is 6.00. The third-order valence-electron chi connectivity index (χ3n) is 6.29.